The van der Waals surface area contributed by atoms with Gasteiger partial charge >= 0.3 is 0 Å². The molecule has 2 aliphatic heterocycles. The topological polar surface area (TPSA) is 24.9 Å². The first-order chi connectivity index (χ1) is 36.5. The van der Waals surface area contributed by atoms with E-state index in [0.29, 0.717) is 0 Å². The van der Waals surface area contributed by atoms with Crippen molar-refractivity contribution < 1.29 is 9.47 Å². The summed E-state index contributed by atoms with van der Waals surface area (Å²) >= 11 is 3.76. The second-order valence-corrected chi connectivity index (χ2v) is 22.1. The minimum atomic E-state index is 0.822. The lowest BCUT2D eigenvalue weighted by Crippen LogP contribution is -2.19. The lowest BCUT2D eigenvalue weighted by molar-refractivity contribution is 0.477. The Bertz CT molecular complexity index is 4710. The van der Waals surface area contributed by atoms with Crippen LogP contribution in [0, 0.1) is 13.8 Å². The van der Waals surface area contributed by atoms with Crippen LogP contribution in [-0.2, 0) is 0 Å². The molecule has 74 heavy (non-hydrogen) atoms. The highest BCUT2D eigenvalue weighted by atomic mass is 32.1. The third kappa shape index (κ3) is 5.45. The predicted molar refractivity (Wildman–Crippen MR) is 316 cm³/mol. The average Bonchev–Trinajstić information content (AvgIpc) is 4.01. The number of hydrogen-bond donors (Lipinski definition) is 0. The Morgan fingerprint density at radius 2 is 0.649 bits per heavy atom. The highest BCUT2D eigenvalue weighted by Gasteiger charge is 2.35. The molecule has 0 N–H and O–H groups in total. The molecule has 346 valence electrons. The molecule has 0 spiro atoms. The fraction of sp³-hybridized carbons (Fsp3) is 0.0294. The molecule has 0 amide bonds. The molecule has 0 saturated heterocycles. The Balaban J connectivity index is 0.961. The van der Waals surface area contributed by atoms with Gasteiger partial charge in [-0.25, -0.2) is 0 Å². The fourth-order valence-electron chi connectivity index (χ4n) is 12.7. The fourth-order valence-corrected chi connectivity index (χ4v) is 15.2. The number of hydrogen-bond acceptors (Lipinski definition) is 6. The highest BCUT2D eigenvalue weighted by molar-refractivity contribution is 7.27. The molecule has 0 radical (unpaired) electrons. The summed E-state index contributed by atoms with van der Waals surface area (Å²) < 4.78 is 19.2. The number of para-hydroxylation sites is 4. The van der Waals surface area contributed by atoms with Gasteiger partial charge in [-0.05, 0) is 107 Å². The lowest BCUT2D eigenvalue weighted by Gasteiger charge is -2.37. The Labute approximate surface area is 432 Å². The van der Waals surface area contributed by atoms with E-state index in [0.717, 1.165) is 78.7 Å². The van der Waals surface area contributed by atoms with Gasteiger partial charge in [0, 0.05) is 72.7 Å². The molecule has 0 unspecified atom stereocenters. The average molecular weight is 981 g/mol. The van der Waals surface area contributed by atoms with Gasteiger partial charge in [0.05, 0.1) is 34.1 Å². The quantitative estimate of drug-likeness (QED) is 0.127. The zero-order valence-corrected chi connectivity index (χ0v) is 41.8. The Morgan fingerprint density at radius 1 is 0.284 bits per heavy atom. The summed E-state index contributed by atoms with van der Waals surface area (Å²) in [6, 6.07) is 75.9. The smallest absolute Gasteiger partial charge is 0.152 e. The van der Waals surface area contributed by atoms with E-state index in [1.807, 2.05) is 22.7 Å². The van der Waals surface area contributed by atoms with E-state index < -0.39 is 0 Å². The van der Waals surface area contributed by atoms with Crippen LogP contribution in [0.3, 0.4) is 0 Å². The van der Waals surface area contributed by atoms with Gasteiger partial charge in [-0.2, -0.15) is 0 Å². The zero-order valence-electron chi connectivity index (χ0n) is 40.2. The first-order valence-corrected chi connectivity index (χ1v) is 26.9. The van der Waals surface area contributed by atoms with E-state index in [9.17, 15) is 0 Å². The van der Waals surface area contributed by atoms with Crippen LogP contribution < -0.4 is 19.3 Å². The summed E-state index contributed by atoms with van der Waals surface area (Å²) in [5.74, 6) is 3.32. The van der Waals surface area contributed by atoms with E-state index in [4.69, 9.17) is 9.47 Å². The number of nitrogens with zero attached hydrogens (tertiary/aromatic N) is 2. The van der Waals surface area contributed by atoms with Crippen molar-refractivity contribution in [2.45, 2.75) is 13.8 Å². The van der Waals surface area contributed by atoms with E-state index in [-0.39, 0.29) is 0 Å². The van der Waals surface area contributed by atoms with Gasteiger partial charge in [0.2, 0.25) is 0 Å². The highest BCUT2D eigenvalue weighted by Crippen LogP contribution is 2.61. The first kappa shape index (κ1) is 40.6. The SMILES string of the molecule is Cc1ccc2c(N3c4ccccc4Oc4cc5c(cc43)sc3c4ccccc4c4ccccc4c53)c3cc(C)ccc3c(N3c4ccccc4Oc4cc5c(cc43)sc3c4ccccc4c4ccccc4c53)c2c1. The third-order valence-electron chi connectivity index (χ3n) is 15.8. The summed E-state index contributed by atoms with van der Waals surface area (Å²) in [6.45, 7) is 4.42. The minimum absolute atomic E-state index is 0.822. The Morgan fingerprint density at radius 3 is 1.08 bits per heavy atom. The van der Waals surface area contributed by atoms with Gasteiger partial charge < -0.3 is 19.3 Å². The number of rotatable bonds is 2. The van der Waals surface area contributed by atoms with Gasteiger partial charge in [0.25, 0.3) is 0 Å². The van der Waals surface area contributed by atoms with Crippen LogP contribution >= 0.6 is 22.7 Å². The third-order valence-corrected chi connectivity index (χ3v) is 18.2. The minimum Gasteiger partial charge on any atom is -0.453 e. The van der Waals surface area contributed by atoms with Crippen molar-refractivity contribution in [3.63, 3.8) is 0 Å². The monoisotopic (exact) mass is 980 g/mol. The van der Waals surface area contributed by atoms with Gasteiger partial charge in [-0.1, -0.05) is 157 Å². The Hall–Kier alpha value is -8.94. The molecule has 0 aliphatic carbocycles. The molecule has 17 rings (SSSR count). The molecule has 2 aliphatic rings. The van der Waals surface area contributed by atoms with Crippen LogP contribution in [0.4, 0.5) is 34.1 Å². The van der Waals surface area contributed by atoms with Gasteiger partial charge in [0.15, 0.2) is 23.0 Å². The number of ether oxygens (including phenoxy) is 2. The number of benzene rings is 13. The van der Waals surface area contributed by atoms with E-state index >= 15 is 0 Å². The molecular weight excluding hydrogens is 941 g/mol. The van der Waals surface area contributed by atoms with Gasteiger partial charge in [-0.3, -0.25) is 0 Å². The number of anilines is 6. The zero-order chi connectivity index (χ0) is 48.5. The van der Waals surface area contributed by atoms with Crippen LogP contribution in [0.5, 0.6) is 23.0 Å². The maximum atomic E-state index is 7.07. The summed E-state index contributed by atoms with van der Waals surface area (Å²) in [6.07, 6.45) is 0. The number of thiophene rings is 2. The van der Waals surface area contributed by atoms with E-state index in [2.05, 4.69) is 230 Å². The van der Waals surface area contributed by atoms with Gasteiger partial charge in [0.1, 0.15) is 0 Å². The van der Waals surface area contributed by atoms with Crippen LogP contribution in [0.1, 0.15) is 11.1 Å². The summed E-state index contributed by atoms with van der Waals surface area (Å²) in [4.78, 5) is 4.99. The van der Waals surface area contributed by atoms with Crippen LogP contribution in [0.2, 0.25) is 0 Å². The van der Waals surface area contributed by atoms with Crippen molar-refractivity contribution in [2.75, 3.05) is 9.80 Å². The summed E-state index contributed by atoms with van der Waals surface area (Å²) in [5.41, 5.74) is 8.65. The second-order valence-electron chi connectivity index (χ2n) is 20.0. The maximum Gasteiger partial charge on any atom is 0.152 e. The maximum absolute atomic E-state index is 7.07. The van der Waals surface area contributed by atoms with E-state index in [1.54, 1.807) is 0 Å². The summed E-state index contributed by atoms with van der Waals surface area (Å²) in [5, 5.41) is 19.8. The molecule has 6 heteroatoms. The molecular formula is C68H40N2O2S2. The molecule has 0 fully saturated rings. The van der Waals surface area contributed by atoms with Crippen molar-refractivity contribution in [3.05, 3.63) is 217 Å². The largest absolute Gasteiger partial charge is 0.453 e. The predicted octanol–water partition coefficient (Wildman–Crippen LogP) is 21.1. The molecule has 2 aromatic heterocycles. The van der Waals surface area contributed by atoms with Crippen LogP contribution in [-0.4, -0.2) is 0 Å². The first-order valence-electron chi connectivity index (χ1n) is 25.2. The molecule has 13 aromatic carbocycles. The second kappa shape index (κ2) is 14.8. The molecule has 15 aromatic rings. The molecule has 0 saturated carbocycles. The van der Waals surface area contributed by atoms with Crippen molar-refractivity contribution >= 4 is 162 Å². The van der Waals surface area contributed by atoms with Crippen LogP contribution in [0.25, 0.3) is 105 Å². The summed E-state index contributed by atoms with van der Waals surface area (Å²) in [7, 11) is 0. The number of fused-ring (bicyclic) bond motifs is 22. The standard InChI is InChI=1S/C68H40N2O2S2/c1-37-27-29-45-49(31-37)65(69-53-23-11-13-25-57(53)71-59-33-51-61(35-55(59)69)73-67-47-21-9-5-17-41(47)39-15-3-7-19-43(39)63(51)67)46-30-28-38(2)32-50(46)66(45)70-54-24-12-14-26-58(54)72-60-34-52-62(36-56(60)70)74-68-48-22-10-6-18-42(48)40-16-4-8-20-44(40)64(52)68/h3-36H,1-2H3. The van der Waals surface area contributed by atoms with Crippen molar-refractivity contribution in [1.82, 2.24) is 0 Å². The number of aryl methyl sites for hydroxylation is 2. The normalized spacial score (nSPS) is 13.2. The van der Waals surface area contributed by atoms with Crippen molar-refractivity contribution in [3.8, 4) is 23.0 Å². The molecule has 4 heterocycles. The molecule has 4 nitrogen and oxygen atoms in total. The van der Waals surface area contributed by atoms with Gasteiger partial charge in [-0.15, -0.1) is 22.7 Å². The lowest BCUT2D eigenvalue weighted by atomic mass is 9.92. The molecule has 0 atom stereocenters. The van der Waals surface area contributed by atoms with Crippen molar-refractivity contribution in [1.29, 1.82) is 0 Å². The van der Waals surface area contributed by atoms with E-state index in [1.165, 1.54) is 94.6 Å². The van der Waals surface area contributed by atoms with Crippen LogP contribution in [0.15, 0.2) is 206 Å². The molecule has 0 bridgehead atoms. The van der Waals surface area contributed by atoms with Crippen molar-refractivity contribution in [2.24, 2.45) is 0 Å². The Kier molecular flexibility index (Phi) is 8.14.